The molecule has 0 radical (unpaired) electrons. The van der Waals surface area contributed by atoms with Crippen LogP contribution in [0.1, 0.15) is 12.8 Å². The molecule has 0 fully saturated rings. The molecule has 0 aromatic rings. The highest BCUT2D eigenvalue weighted by Crippen LogP contribution is 2.06. The Morgan fingerprint density at radius 2 is 2.23 bits per heavy atom. The van der Waals surface area contributed by atoms with Gasteiger partial charge in [0.15, 0.2) is 0 Å². The highest BCUT2D eigenvalue weighted by Gasteiger charge is 2.04. The molecular weight excluding hydrogens is 190 g/mol. The average molecular weight is 203 g/mol. The zero-order chi connectivity index (χ0) is 9.73. The van der Waals surface area contributed by atoms with E-state index in [1.165, 1.54) is 0 Å². The Labute approximate surface area is 78.1 Å². The van der Waals surface area contributed by atoms with E-state index in [0.717, 1.165) is 18.5 Å². The molecule has 4 nitrogen and oxygen atoms in total. The molecule has 0 heterocycles. The fraction of sp³-hybridized carbons (Fsp3) is 0.500. The minimum atomic E-state index is -3.83. The molecule has 0 unspecified atom stereocenters. The van der Waals surface area contributed by atoms with Crippen LogP contribution in [-0.4, -0.2) is 25.3 Å². The van der Waals surface area contributed by atoms with Crippen LogP contribution in [-0.2, 0) is 10.1 Å². The average Bonchev–Trinajstić information content (AvgIpc) is 2.04. The molecule has 0 saturated carbocycles. The van der Waals surface area contributed by atoms with Gasteiger partial charge < -0.3 is 5.32 Å². The summed E-state index contributed by atoms with van der Waals surface area (Å²) in [6.07, 6.45) is 7.77. The number of nitrogens with one attached hydrogen (secondary N) is 1. The maximum absolute atomic E-state index is 10.4. The predicted octanol–water partition coefficient (Wildman–Crippen LogP) is 0.698. The summed E-state index contributed by atoms with van der Waals surface area (Å²) in [5.41, 5.74) is 1.02. The molecular formula is C8H13NO3S. The van der Waals surface area contributed by atoms with E-state index in [0.29, 0.717) is 0 Å². The Hall–Kier alpha value is -0.810. The first kappa shape index (κ1) is 10.3. The van der Waals surface area contributed by atoms with E-state index in [-0.39, 0.29) is 12.3 Å². The minimum Gasteiger partial charge on any atom is -0.387 e. The molecule has 0 amide bonds. The van der Waals surface area contributed by atoms with Gasteiger partial charge in [-0.2, -0.15) is 8.42 Å². The first-order valence-electron chi connectivity index (χ1n) is 4.11. The first-order chi connectivity index (χ1) is 6.08. The lowest BCUT2D eigenvalue weighted by atomic mass is 10.1. The van der Waals surface area contributed by atoms with Crippen molar-refractivity contribution in [2.75, 3.05) is 12.3 Å². The highest BCUT2D eigenvalue weighted by atomic mass is 32.2. The molecule has 5 heteroatoms. The number of rotatable bonds is 4. The van der Waals surface area contributed by atoms with Gasteiger partial charge in [0, 0.05) is 18.7 Å². The molecule has 74 valence electrons. The van der Waals surface area contributed by atoms with Crippen molar-refractivity contribution in [1.29, 1.82) is 0 Å². The largest absolute Gasteiger partial charge is 0.387 e. The van der Waals surface area contributed by atoms with Crippen LogP contribution in [0.3, 0.4) is 0 Å². The Morgan fingerprint density at radius 1 is 1.46 bits per heavy atom. The second-order valence-corrected chi connectivity index (χ2v) is 4.43. The Bertz CT molecular complexity index is 316. The van der Waals surface area contributed by atoms with Crippen LogP contribution >= 0.6 is 0 Å². The van der Waals surface area contributed by atoms with Gasteiger partial charge in [0.25, 0.3) is 10.1 Å². The molecule has 0 saturated heterocycles. The summed E-state index contributed by atoms with van der Waals surface area (Å²) in [6.45, 7) is 0.262. The van der Waals surface area contributed by atoms with E-state index >= 15 is 0 Å². The molecule has 0 aromatic heterocycles. The van der Waals surface area contributed by atoms with Crippen LogP contribution in [0.5, 0.6) is 0 Å². The molecule has 0 aliphatic heterocycles. The van der Waals surface area contributed by atoms with Gasteiger partial charge >= 0.3 is 0 Å². The molecule has 1 aliphatic rings. The highest BCUT2D eigenvalue weighted by molar-refractivity contribution is 7.85. The maximum atomic E-state index is 10.4. The maximum Gasteiger partial charge on any atom is 0.266 e. The molecule has 1 rings (SSSR count). The van der Waals surface area contributed by atoms with Gasteiger partial charge in [0.05, 0.1) is 5.75 Å². The van der Waals surface area contributed by atoms with Crippen LogP contribution in [0, 0.1) is 0 Å². The summed E-state index contributed by atoms with van der Waals surface area (Å²) in [5.74, 6) is -0.242. The van der Waals surface area contributed by atoms with Crippen molar-refractivity contribution in [2.24, 2.45) is 0 Å². The van der Waals surface area contributed by atoms with Crippen molar-refractivity contribution in [3.8, 4) is 0 Å². The third-order valence-corrected chi connectivity index (χ3v) is 2.44. The zero-order valence-corrected chi connectivity index (χ0v) is 8.05. The lowest BCUT2D eigenvalue weighted by Gasteiger charge is -2.10. The van der Waals surface area contributed by atoms with Crippen LogP contribution in [0.4, 0.5) is 0 Å². The van der Waals surface area contributed by atoms with E-state index in [4.69, 9.17) is 4.55 Å². The summed E-state index contributed by atoms with van der Waals surface area (Å²) >= 11 is 0. The monoisotopic (exact) mass is 203 g/mol. The second-order valence-electron chi connectivity index (χ2n) is 2.85. The Kier molecular flexibility index (Phi) is 3.50. The summed E-state index contributed by atoms with van der Waals surface area (Å²) in [7, 11) is -3.83. The van der Waals surface area contributed by atoms with Crippen LogP contribution in [0.2, 0.25) is 0 Å². The second kappa shape index (κ2) is 4.43. The summed E-state index contributed by atoms with van der Waals surface area (Å²) < 4.78 is 29.2. The summed E-state index contributed by atoms with van der Waals surface area (Å²) in [5, 5.41) is 2.95. The van der Waals surface area contributed by atoms with Crippen LogP contribution in [0.15, 0.2) is 23.9 Å². The predicted molar refractivity (Wildman–Crippen MR) is 50.9 cm³/mol. The van der Waals surface area contributed by atoms with E-state index in [1.54, 1.807) is 0 Å². The first-order valence-corrected chi connectivity index (χ1v) is 5.72. The van der Waals surface area contributed by atoms with Gasteiger partial charge in [-0.15, -0.1) is 0 Å². The van der Waals surface area contributed by atoms with E-state index in [9.17, 15) is 8.42 Å². The van der Waals surface area contributed by atoms with Gasteiger partial charge in [-0.3, -0.25) is 4.55 Å². The summed E-state index contributed by atoms with van der Waals surface area (Å²) in [6, 6.07) is 0. The van der Waals surface area contributed by atoms with Crippen molar-refractivity contribution < 1.29 is 13.0 Å². The zero-order valence-electron chi connectivity index (χ0n) is 7.23. The Morgan fingerprint density at radius 3 is 2.77 bits per heavy atom. The SMILES string of the molecule is O=S(=O)(O)CCNC1=CCC=CC1. The van der Waals surface area contributed by atoms with Gasteiger partial charge in [-0.05, 0) is 6.42 Å². The number of allylic oxidation sites excluding steroid dienone is 3. The fourth-order valence-electron chi connectivity index (χ4n) is 1.09. The molecule has 0 atom stereocenters. The molecule has 0 aromatic carbocycles. The molecule has 13 heavy (non-hydrogen) atoms. The third kappa shape index (κ3) is 4.69. The van der Waals surface area contributed by atoms with Crippen molar-refractivity contribution in [1.82, 2.24) is 5.32 Å². The van der Waals surface area contributed by atoms with Crippen LogP contribution < -0.4 is 5.32 Å². The van der Waals surface area contributed by atoms with Crippen molar-refractivity contribution in [3.63, 3.8) is 0 Å². The van der Waals surface area contributed by atoms with Crippen molar-refractivity contribution in [3.05, 3.63) is 23.9 Å². The third-order valence-electron chi connectivity index (χ3n) is 1.72. The molecule has 0 spiro atoms. The molecule has 2 N–H and O–H groups in total. The number of hydrogen-bond donors (Lipinski definition) is 2. The normalized spacial score (nSPS) is 16.8. The standard InChI is InChI=1S/C8H13NO3S/c10-13(11,12)7-6-9-8-4-2-1-3-5-8/h1-2,5,9H,3-4,6-7H2,(H,10,11,12). The van der Waals surface area contributed by atoms with Gasteiger partial charge in [0.2, 0.25) is 0 Å². The van der Waals surface area contributed by atoms with Gasteiger partial charge in [0.1, 0.15) is 0 Å². The van der Waals surface area contributed by atoms with E-state index in [2.05, 4.69) is 5.32 Å². The lowest BCUT2D eigenvalue weighted by Crippen LogP contribution is -2.22. The molecule has 1 aliphatic carbocycles. The lowest BCUT2D eigenvalue weighted by molar-refractivity contribution is 0.482. The van der Waals surface area contributed by atoms with Crippen LogP contribution in [0.25, 0.3) is 0 Å². The molecule has 0 bridgehead atoms. The van der Waals surface area contributed by atoms with Crippen molar-refractivity contribution >= 4 is 10.1 Å². The van der Waals surface area contributed by atoms with E-state index in [1.807, 2.05) is 18.2 Å². The fourth-order valence-corrected chi connectivity index (χ4v) is 1.45. The number of hydrogen-bond acceptors (Lipinski definition) is 3. The Balaban J connectivity index is 2.23. The quantitative estimate of drug-likeness (QED) is 0.521. The smallest absolute Gasteiger partial charge is 0.266 e. The van der Waals surface area contributed by atoms with Gasteiger partial charge in [-0.25, -0.2) is 0 Å². The minimum absolute atomic E-state index is 0.242. The summed E-state index contributed by atoms with van der Waals surface area (Å²) in [4.78, 5) is 0. The van der Waals surface area contributed by atoms with Crippen molar-refractivity contribution in [2.45, 2.75) is 12.8 Å². The van der Waals surface area contributed by atoms with Gasteiger partial charge in [-0.1, -0.05) is 18.2 Å². The topological polar surface area (TPSA) is 66.4 Å². The van der Waals surface area contributed by atoms with E-state index < -0.39 is 10.1 Å².